The van der Waals surface area contributed by atoms with Crippen molar-refractivity contribution in [1.29, 1.82) is 0 Å². The molecule has 0 bridgehead atoms. The molecule has 11 heteroatoms. The number of nitrogens with zero attached hydrogens (tertiary/aromatic N) is 5. The van der Waals surface area contributed by atoms with Gasteiger partial charge in [-0.1, -0.05) is 12.1 Å². The van der Waals surface area contributed by atoms with Crippen LogP contribution in [0.2, 0.25) is 0 Å². The third-order valence-corrected chi connectivity index (χ3v) is 6.17. The van der Waals surface area contributed by atoms with Crippen LogP contribution in [0.3, 0.4) is 0 Å². The summed E-state index contributed by atoms with van der Waals surface area (Å²) in [6.45, 7) is 1.16. The molecule has 0 spiro atoms. The van der Waals surface area contributed by atoms with Crippen LogP contribution in [0.4, 0.5) is 20.3 Å². The highest BCUT2D eigenvalue weighted by atomic mass is 19.1. The first-order valence-corrected chi connectivity index (χ1v) is 11.5. The minimum atomic E-state index is -0.811. The van der Waals surface area contributed by atoms with E-state index in [2.05, 4.69) is 15.2 Å². The molecule has 2 aromatic heterocycles. The van der Waals surface area contributed by atoms with Crippen molar-refractivity contribution in [3.63, 3.8) is 0 Å². The second-order valence-electron chi connectivity index (χ2n) is 8.65. The van der Waals surface area contributed by atoms with Crippen molar-refractivity contribution in [1.82, 2.24) is 19.5 Å². The van der Waals surface area contributed by atoms with E-state index in [0.717, 1.165) is 42.4 Å². The molecule has 36 heavy (non-hydrogen) atoms. The number of hydrogen-bond acceptors (Lipinski definition) is 7. The number of amides is 1. The lowest BCUT2D eigenvalue weighted by molar-refractivity contribution is 0.100. The molecule has 1 amide bonds. The number of carbonyl (C=O) groups is 1. The fourth-order valence-corrected chi connectivity index (χ4v) is 4.51. The molecule has 4 aromatic rings. The van der Waals surface area contributed by atoms with Crippen molar-refractivity contribution >= 4 is 28.4 Å². The van der Waals surface area contributed by atoms with Crippen LogP contribution in [0, 0.1) is 11.6 Å². The molecule has 186 valence electrons. The van der Waals surface area contributed by atoms with Crippen molar-refractivity contribution < 1.29 is 18.3 Å². The van der Waals surface area contributed by atoms with Crippen LogP contribution in [0.15, 0.2) is 36.4 Å². The predicted octanol–water partition coefficient (Wildman–Crippen LogP) is 3.59. The molecule has 0 radical (unpaired) electrons. The monoisotopic (exact) mass is 493 g/mol. The van der Waals surface area contributed by atoms with Gasteiger partial charge in [-0.2, -0.15) is 9.97 Å². The molecular weight excluding hydrogens is 468 g/mol. The first kappa shape index (κ1) is 23.5. The van der Waals surface area contributed by atoms with Gasteiger partial charge in [-0.25, -0.2) is 18.3 Å². The summed E-state index contributed by atoms with van der Waals surface area (Å²) in [5.41, 5.74) is 8.24. The maximum Gasteiger partial charge on any atom is 0.304 e. The fraction of sp³-hybridized carbons (Fsp3) is 0.280. The number of aryl methyl sites for hydroxylation is 1. The predicted molar refractivity (Wildman–Crippen MR) is 132 cm³/mol. The van der Waals surface area contributed by atoms with E-state index in [1.165, 1.54) is 29.9 Å². The van der Waals surface area contributed by atoms with Gasteiger partial charge in [-0.3, -0.25) is 4.79 Å². The van der Waals surface area contributed by atoms with Crippen molar-refractivity contribution in [3.05, 3.63) is 64.9 Å². The molecule has 0 saturated carbocycles. The number of benzene rings is 2. The molecule has 0 saturated heterocycles. The normalized spacial score (nSPS) is 13.4. The number of nitrogens with one attached hydrogen (secondary N) is 1. The van der Waals surface area contributed by atoms with E-state index in [1.807, 2.05) is 13.1 Å². The summed E-state index contributed by atoms with van der Waals surface area (Å²) in [5.74, 6) is -1.05. The Hall–Kier alpha value is -4.28. The summed E-state index contributed by atoms with van der Waals surface area (Å²) < 4.78 is 35.1. The molecule has 1 aliphatic heterocycles. The van der Waals surface area contributed by atoms with E-state index >= 15 is 0 Å². The Morgan fingerprint density at radius 1 is 1.14 bits per heavy atom. The number of halogens is 2. The number of aromatic nitrogens is 4. The van der Waals surface area contributed by atoms with Gasteiger partial charge in [-0.15, -0.1) is 0 Å². The molecule has 0 atom stereocenters. The van der Waals surface area contributed by atoms with Crippen LogP contribution in [0.5, 0.6) is 6.01 Å². The van der Waals surface area contributed by atoms with Gasteiger partial charge in [0.05, 0.1) is 23.9 Å². The number of anilines is 2. The van der Waals surface area contributed by atoms with Crippen LogP contribution in [0.25, 0.3) is 17.0 Å². The van der Waals surface area contributed by atoms with Gasteiger partial charge in [0.25, 0.3) is 5.91 Å². The second-order valence-corrected chi connectivity index (χ2v) is 8.65. The summed E-state index contributed by atoms with van der Waals surface area (Å²) in [6, 6.07) is 8.67. The van der Waals surface area contributed by atoms with Crippen LogP contribution in [0.1, 0.15) is 34.5 Å². The Bertz CT molecular complexity index is 1470. The summed E-state index contributed by atoms with van der Waals surface area (Å²) in [5, 5.41) is 3.32. The number of nitrogens with two attached hydrogens (primary N) is 1. The fourth-order valence-electron chi connectivity index (χ4n) is 4.51. The number of hydrogen-bond donors (Lipinski definition) is 2. The lowest BCUT2D eigenvalue weighted by atomic mass is 10.1. The Balaban J connectivity index is 1.69. The standard InChI is InChI=1S/C25H25F2N7O2/c1-33-9-4-3-8-18-21(33)23(29-13-14-6-5-7-15(26)10-14)32-24(30-18)34-19-12-16(27)11-17(22(28)35)20(19)31-25(34)36-2/h5-7,10-12H,3-4,8-9,13H2,1-2H3,(H2,28,35)(H,29,30,32). The van der Waals surface area contributed by atoms with Crippen LogP contribution in [-0.2, 0) is 13.0 Å². The van der Waals surface area contributed by atoms with Gasteiger partial charge < -0.3 is 20.7 Å². The molecule has 1 aliphatic rings. The van der Waals surface area contributed by atoms with Crippen molar-refractivity contribution in [2.24, 2.45) is 5.73 Å². The molecule has 9 nitrogen and oxygen atoms in total. The third kappa shape index (κ3) is 4.28. The van der Waals surface area contributed by atoms with Gasteiger partial charge in [0, 0.05) is 26.2 Å². The van der Waals surface area contributed by atoms with Crippen molar-refractivity contribution in [3.8, 4) is 12.0 Å². The molecule has 2 aromatic carbocycles. The largest absolute Gasteiger partial charge is 0.468 e. The zero-order valence-corrected chi connectivity index (χ0v) is 19.9. The highest BCUT2D eigenvalue weighted by Crippen LogP contribution is 2.34. The van der Waals surface area contributed by atoms with Crippen molar-refractivity contribution in [2.75, 3.05) is 30.9 Å². The molecular formula is C25H25F2N7O2. The molecule has 0 fully saturated rings. The molecule has 0 aliphatic carbocycles. The second kappa shape index (κ2) is 9.40. The maximum absolute atomic E-state index is 14.5. The number of methoxy groups -OCH3 is 1. The Morgan fingerprint density at radius 2 is 1.97 bits per heavy atom. The van der Waals surface area contributed by atoms with E-state index in [0.29, 0.717) is 18.8 Å². The van der Waals surface area contributed by atoms with E-state index in [1.54, 1.807) is 6.07 Å². The minimum absolute atomic E-state index is 0.0685. The SMILES string of the molecule is COc1nc2c(C(N)=O)cc(F)cc2n1-c1nc2c(c(NCc3cccc(F)c3)n1)N(C)CCCC2. The lowest BCUT2D eigenvalue weighted by Gasteiger charge is -2.23. The quantitative estimate of drug-likeness (QED) is 0.422. The average Bonchev–Trinajstić information content (AvgIpc) is 3.11. The number of ether oxygens (including phenoxy) is 1. The summed E-state index contributed by atoms with van der Waals surface area (Å²) >= 11 is 0. The molecule has 5 rings (SSSR count). The molecule has 3 N–H and O–H groups in total. The van der Waals surface area contributed by atoms with Gasteiger partial charge >= 0.3 is 6.01 Å². The third-order valence-electron chi connectivity index (χ3n) is 6.17. The van der Waals surface area contributed by atoms with E-state index in [4.69, 9.17) is 20.4 Å². The maximum atomic E-state index is 14.5. The lowest BCUT2D eigenvalue weighted by Crippen LogP contribution is -2.22. The van der Waals surface area contributed by atoms with Crippen LogP contribution in [-0.4, -0.2) is 46.1 Å². The topological polar surface area (TPSA) is 111 Å². The smallest absolute Gasteiger partial charge is 0.304 e. The van der Waals surface area contributed by atoms with E-state index in [9.17, 15) is 13.6 Å². The van der Waals surface area contributed by atoms with Crippen LogP contribution < -0.4 is 20.7 Å². The minimum Gasteiger partial charge on any atom is -0.468 e. The van der Waals surface area contributed by atoms with Gasteiger partial charge in [0.1, 0.15) is 22.8 Å². The Morgan fingerprint density at radius 3 is 2.72 bits per heavy atom. The zero-order valence-electron chi connectivity index (χ0n) is 19.9. The highest BCUT2D eigenvalue weighted by Gasteiger charge is 2.25. The van der Waals surface area contributed by atoms with E-state index in [-0.39, 0.29) is 34.4 Å². The average molecular weight is 494 g/mol. The number of carbonyl (C=O) groups excluding carboxylic acids is 1. The van der Waals surface area contributed by atoms with Gasteiger partial charge in [-0.05, 0) is 43.0 Å². The molecule has 3 heterocycles. The highest BCUT2D eigenvalue weighted by molar-refractivity contribution is 6.04. The molecule has 0 unspecified atom stereocenters. The first-order chi connectivity index (χ1) is 17.4. The zero-order chi connectivity index (χ0) is 25.4. The Kier molecular flexibility index (Phi) is 6.13. The first-order valence-electron chi connectivity index (χ1n) is 11.5. The number of imidazole rings is 1. The van der Waals surface area contributed by atoms with Gasteiger partial charge in [0.2, 0.25) is 5.95 Å². The summed E-state index contributed by atoms with van der Waals surface area (Å²) in [4.78, 5) is 28.0. The number of primary amides is 1. The number of fused-ring (bicyclic) bond motifs is 2. The van der Waals surface area contributed by atoms with Gasteiger partial charge in [0.15, 0.2) is 5.82 Å². The summed E-state index contributed by atoms with van der Waals surface area (Å²) in [7, 11) is 3.39. The Labute approximate surface area is 205 Å². The van der Waals surface area contributed by atoms with E-state index < -0.39 is 11.7 Å². The van der Waals surface area contributed by atoms with Crippen LogP contribution >= 0.6 is 0 Å². The van der Waals surface area contributed by atoms with Crippen molar-refractivity contribution in [2.45, 2.75) is 25.8 Å². The summed E-state index contributed by atoms with van der Waals surface area (Å²) in [6.07, 6.45) is 2.62. The number of rotatable bonds is 6.